The van der Waals surface area contributed by atoms with Crippen molar-refractivity contribution in [2.24, 2.45) is 0 Å². The molecule has 0 saturated heterocycles. The van der Waals surface area contributed by atoms with Crippen LogP contribution >= 0.6 is 11.6 Å². The van der Waals surface area contributed by atoms with Gasteiger partial charge in [-0.1, -0.05) is 23.7 Å². The second kappa shape index (κ2) is 9.84. The second-order valence-corrected chi connectivity index (χ2v) is 6.74. The van der Waals surface area contributed by atoms with E-state index in [9.17, 15) is 18.0 Å². The molecule has 1 N–H and O–H groups in total. The summed E-state index contributed by atoms with van der Waals surface area (Å²) in [5.41, 5.74) is -1.54. The van der Waals surface area contributed by atoms with E-state index in [1.807, 2.05) is 19.0 Å². The van der Waals surface area contributed by atoms with Gasteiger partial charge >= 0.3 is 6.18 Å². The van der Waals surface area contributed by atoms with E-state index < -0.39 is 28.4 Å². The molecule has 0 unspecified atom stereocenters. The Morgan fingerprint density at radius 3 is 2.31 bits per heavy atom. The number of anilines is 1. The largest absolute Gasteiger partial charge is 0.493 e. The highest BCUT2D eigenvalue weighted by atomic mass is 35.5. The number of carbonyl (C=O) groups is 1. The molecule has 29 heavy (non-hydrogen) atoms. The first-order valence-corrected chi connectivity index (χ1v) is 9.23. The van der Waals surface area contributed by atoms with Gasteiger partial charge in [0.2, 0.25) is 0 Å². The van der Waals surface area contributed by atoms with Gasteiger partial charge in [0.25, 0.3) is 5.91 Å². The molecule has 0 aliphatic carbocycles. The van der Waals surface area contributed by atoms with Gasteiger partial charge in [-0.2, -0.15) is 13.2 Å². The van der Waals surface area contributed by atoms with Crippen LogP contribution in [0.3, 0.4) is 0 Å². The molecule has 2 rings (SSSR count). The minimum absolute atomic E-state index is 0.0150. The number of amides is 1. The molecule has 158 valence electrons. The minimum Gasteiger partial charge on any atom is -0.493 e. The van der Waals surface area contributed by atoms with Crippen molar-refractivity contribution < 1.29 is 27.4 Å². The number of carbonyl (C=O) groups excluding carboxylic acids is 1. The zero-order chi connectivity index (χ0) is 21.6. The van der Waals surface area contributed by atoms with E-state index in [4.69, 9.17) is 21.1 Å². The average Bonchev–Trinajstić information content (AvgIpc) is 2.60. The van der Waals surface area contributed by atoms with E-state index in [1.54, 1.807) is 25.1 Å². The Morgan fingerprint density at radius 1 is 1.10 bits per heavy atom. The molecule has 0 bridgehead atoms. The number of nitrogens with one attached hydrogen (secondary N) is 1. The SMILES string of the molecule is CCOc1cccc(OCCN(C)C)c1C(=O)Nc1cccc(Cl)c1C(F)(F)F. The number of hydrogen-bond donors (Lipinski definition) is 1. The summed E-state index contributed by atoms with van der Waals surface area (Å²) < 4.78 is 51.4. The number of hydrogen-bond acceptors (Lipinski definition) is 4. The number of ether oxygens (including phenoxy) is 2. The van der Waals surface area contributed by atoms with E-state index in [0.29, 0.717) is 6.54 Å². The lowest BCUT2D eigenvalue weighted by molar-refractivity contribution is -0.136. The van der Waals surface area contributed by atoms with Crippen molar-refractivity contribution in [2.75, 3.05) is 39.2 Å². The van der Waals surface area contributed by atoms with Crippen LogP contribution in [0.15, 0.2) is 36.4 Å². The zero-order valence-corrected chi connectivity index (χ0v) is 17.0. The maximum Gasteiger partial charge on any atom is 0.419 e. The zero-order valence-electron chi connectivity index (χ0n) is 16.3. The third-order valence-corrected chi connectivity index (χ3v) is 4.17. The van der Waals surface area contributed by atoms with E-state index in [0.717, 1.165) is 12.1 Å². The van der Waals surface area contributed by atoms with Crippen LogP contribution in [0.1, 0.15) is 22.8 Å². The lowest BCUT2D eigenvalue weighted by Gasteiger charge is -2.18. The average molecular weight is 431 g/mol. The quantitative estimate of drug-likeness (QED) is 0.643. The molecule has 0 spiro atoms. The third kappa shape index (κ3) is 6.01. The van der Waals surface area contributed by atoms with Crippen LogP contribution in [0.25, 0.3) is 0 Å². The summed E-state index contributed by atoms with van der Waals surface area (Å²) in [7, 11) is 3.73. The lowest BCUT2D eigenvalue weighted by Crippen LogP contribution is -2.22. The molecule has 0 aliphatic heterocycles. The van der Waals surface area contributed by atoms with Gasteiger partial charge in [0.1, 0.15) is 23.7 Å². The highest BCUT2D eigenvalue weighted by Gasteiger charge is 2.36. The molecule has 0 aromatic heterocycles. The lowest BCUT2D eigenvalue weighted by atomic mass is 10.1. The van der Waals surface area contributed by atoms with Gasteiger partial charge in [-0.25, -0.2) is 0 Å². The molecule has 0 aliphatic rings. The van der Waals surface area contributed by atoms with Crippen molar-refractivity contribution in [3.05, 3.63) is 52.5 Å². The minimum atomic E-state index is -4.73. The van der Waals surface area contributed by atoms with E-state index in [1.165, 1.54) is 6.07 Å². The smallest absolute Gasteiger partial charge is 0.419 e. The van der Waals surface area contributed by atoms with Crippen LogP contribution in [-0.2, 0) is 6.18 Å². The number of halogens is 4. The fraction of sp³-hybridized carbons (Fsp3) is 0.350. The highest BCUT2D eigenvalue weighted by Crippen LogP contribution is 2.40. The summed E-state index contributed by atoms with van der Waals surface area (Å²) in [6, 6.07) is 8.35. The van der Waals surface area contributed by atoms with E-state index in [2.05, 4.69) is 5.32 Å². The van der Waals surface area contributed by atoms with Crippen molar-refractivity contribution in [2.45, 2.75) is 13.1 Å². The summed E-state index contributed by atoms with van der Waals surface area (Å²) in [4.78, 5) is 14.8. The molecule has 0 atom stereocenters. The van der Waals surface area contributed by atoms with Crippen molar-refractivity contribution >= 4 is 23.2 Å². The molecular formula is C20H22ClF3N2O3. The van der Waals surface area contributed by atoms with Gasteiger partial charge in [0.15, 0.2) is 0 Å². The molecule has 2 aromatic rings. The van der Waals surface area contributed by atoms with Gasteiger partial charge in [0, 0.05) is 6.54 Å². The fourth-order valence-corrected chi connectivity index (χ4v) is 2.85. The van der Waals surface area contributed by atoms with Gasteiger partial charge < -0.3 is 19.7 Å². The first kappa shape index (κ1) is 22.8. The molecule has 0 heterocycles. The first-order valence-electron chi connectivity index (χ1n) is 8.85. The van der Waals surface area contributed by atoms with Crippen LogP contribution in [0.2, 0.25) is 5.02 Å². The molecule has 0 radical (unpaired) electrons. The summed E-state index contributed by atoms with van der Waals surface area (Å²) >= 11 is 5.73. The van der Waals surface area contributed by atoms with Crippen molar-refractivity contribution in [1.29, 1.82) is 0 Å². The van der Waals surface area contributed by atoms with Crippen molar-refractivity contribution in [3.8, 4) is 11.5 Å². The Morgan fingerprint density at radius 2 is 1.72 bits per heavy atom. The normalized spacial score (nSPS) is 11.4. The summed E-state index contributed by atoms with van der Waals surface area (Å²) in [6.45, 7) is 2.88. The Hall–Kier alpha value is -2.45. The molecule has 1 amide bonds. The Balaban J connectivity index is 2.41. The van der Waals surface area contributed by atoms with E-state index in [-0.39, 0.29) is 30.3 Å². The van der Waals surface area contributed by atoms with Crippen LogP contribution in [0.5, 0.6) is 11.5 Å². The Labute approximate surface area is 172 Å². The number of alkyl halides is 3. The molecule has 5 nitrogen and oxygen atoms in total. The first-order chi connectivity index (χ1) is 13.6. The summed E-state index contributed by atoms with van der Waals surface area (Å²) in [6.07, 6.45) is -4.73. The maximum atomic E-state index is 13.4. The number of benzene rings is 2. The second-order valence-electron chi connectivity index (χ2n) is 6.33. The molecular weight excluding hydrogens is 409 g/mol. The van der Waals surface area contributed by atoms with Gasteiger partial charge in [0.05, 0.1) is 22.9 Å². The van der Waals surface area contributed by atoms with Gasteiger partial charge in [-0.05, 0) is 45.3 Å². The van der Waals surface area contributed by atoms with Crippen LogP contribution < -0.4 is 14.8 Å². The van der Waals surface area contributed by atoms with Crippen molar-refractivity contribution in [1.82, 2.24) is 4.90 Å². The number of nitrogens with zero attached hydrogens (tertiary/aromatic N) is 1. The van der Waals surface area contributed by atoms with Crippen LogP contribution in [-0.4, -0.2) is 44.7 Å². The Kier molecular flexibility index (Phi) is 7.75. The molecule has 0 fully saturated rings. The molecule has 2 aromatic carbocycles. The third-order valence-electron chi connectivity index (χ3n) is 3.86. The number of likely N-dealkylation sites (N-methyl/N-ethyl adjacent to an activating group) is 1. The monoisotopic (exact) mass is 430 g/mol. The van der Waals surface area contributed by atoms with Crippen molar-refractivity contribution in [3.63, 3.8) is 0 Å². The summed E-state index contributed by atoms with van der Waals surface area (Å²) in [5.74, 6) is -0.365. The topological polar surface area (TPSA) is 50.8 Å². The fourth-order valence-electron chi connectivity index (χ4n) is 2.57. The van der Waals surface area contributed by atoms with Crippen LogP contribution in [0.4, 0.5) is 18.9 Å². The number of rotatable bonds is 8. The maximum absolute atomic E-state index is 13.4. The Bertz CT molecular complexity index is 857. The summed E-state index contributed by atoms with van der Waals surface area (Å²) in [5, 5.41) is 1.79. The highest BCUT2D eigenvalue weighted by molar-refractivity contribution is 6.32. The predicted octanol–water partition coefficient (Wildman–Crippen LogP) is 4.95. The molecule has 9 heteroatoms. The van der Waals surface area contributed by atoms with Crippen LogP contribution in [0, 0.1) is 0 Å². The standard InChI is InChI=1S/C20H22ClF3N2O3/c1-4-28-15-9-6-10-16(29-12-11-26(2)3)17(15)19(27)25-14-8-5-7-13(21)18(14)20(22,23)24/h5-10H,4,11-12H2,1-3H3,(H,25,27). The van der Waals surface area contributed by atoms with E-state index >= 15 is 0 Å². The van der Waals surface area contributed by atoms with Gasteiger partial charge in [-0.3, -0.25) is 4.79 Å². The molecule has 0 saturated carbocycles. The van der Waals surface area contributed by atoms with Gasteiger partial charge in [-0.15, -0.1) is 0 Å². The predicted molar refractivity (Wildman–Crippen MR) is 106 cm³/mol.